The maximum absolute atomic E-state index is 13.2. The number of fused-ring (bicyclic) bond motifs is 1. The van der Waals surface area contributed by atoms with Crippen molar-refractivity contribution in [3.05, 3.63) is 48.0 Å². The molecule has 254 valence electrons. The fraction of sp³-hybridized carbons (Fsp3) is 0.469. The van der Waals surface area contributed by atoms with Gasteiger partial charge in [-0.05, 0) is 37.3 Å². The molecule has 15 nitrogen and oxygen atoms in total. The maximum atomic E-state index is 13.2. The van der Waals surface area contributed by atoms with Crippen LogP contribution < -0.4 is 24.3 Å². The third kappa shape index (κ3) is 9.03. The Labute approximate surface area is 270 Å². The van der Waals surface area contributed by atoms with Crippen LogP contribution in [-0.4, -0.2) is 93.0 Å². The van der Waals surface area contributed by atoms with Gasteiger partial charge in [-0.1, -0.05) is 12.1 Å². The molecule has 47 heavy (non-hydrogen) atoms. The van der Waals surface area contributed by atoms with Gasteiger partial charge in [0.25, 0.3) is 5.91 Å². The zero-order valence-electron chi connectivity index (χ0n) is 26.7. The number of benzene rings is 2. The number of nitrogens with one attached hydrogen (secondary N) is 1. The summed E-state index contributed by atoms with van der Waals surface area (Å²) in [6, 6.07) is 11.1. The van der Waals surface area contributed by atoms with Crippen molar-refractivity contribution in [3.63, 3.8) is 0 Å². The minimum Gasteiger partial charge on any atom is -0.493 e. The van der Waals surface area contributed by atoms with Crippen molar-refractivity contribution in [1.82, 2.24) is 5.32 Å². The SMILES string of the molecule is COc1cc(C(=O)NC(C)C2COc3ccccc3O2)ccc1OC1OC(COC(C)=O)C(OC(C)=O)C(OC(C)=O)C1OC(C)=O. The molecule has 1 N–H and O–H groups in total. The number of ether oxygens (including phenoxy) is 9. The number of carbonyl (C=O) groups excluding carboxylic acids is 5. The number of methoxy groups -OCH3 is 1. The monoisotopic (exact) mass is 659 g/mol. The predicted octanol–water partition coefficient (Wildman–Crippen LogP) is 2.12. The van der Waals surface area contributed by atoms with Crippen molar-refractivity contribution < 1.29 is 66.6 Å². The topological polar surface area (TPSA) is 180 Å². The molecule has 7 unspecified atom stereocenters. The van der Waals surface area contributed by atoms with Gasteiger partial charge in [0.2, 0.25) is 12.4 Å². The molecule has 2 aromatic carbocycles. The molecule has 0 aromatic heterocycles. The number of amides is 1. The molecule has 0 bridgehead atoms. The fourth-order valence-electron chi connectivity index (χ4n) is 4.98. The molecule has 0 saturated carbocycles. The molecule has 0 radical (unpaired) electrons. The first-order chi connectivity index (χ1) is 22.4. The van der Waals surface area contributed by atoms with E-state index in [1.54, 1.807) is 19.1 Å². The molecule has 0 spiro atoms. The highest BCUT2D eigenvalue weighted by atomic mass is 16.7. The Morgan fingerprint density at radius 3 is 2.11 bits per heavy atom. The van der Waals surface area contributed by atoms with Gasteiger partial charge < -0.3 is 47.9 Å². The molecule has 0 aliphatic carbocycles. The van der Waals surface area contributed by atoms with Gasteiger partial charge in [0.1, 0.15) is 19.3 Å². The summed E-state index contributed by atoms with van der Waals surface area (Å²) < 4.78 is 50.7. The van der Waals surface area contributed by atoms with Crippen LogP contribution in [0.25, 0.3) is 0 Å². The summed E-state index contributed by atoms with van der Waals surface area (Å²) in [4.78, 5) is 61.0. The lowest BCUT2D eigenvalue weighted by Crippen LogP contribution is -2.63. The van der Waals surface area contributed by atoms with E-state index >= 15 is 0 Å². The summed E-state index contributed by atoms with van der Waals surface area (Å²) >= 11 is 0. The summed E-state index contributed by atoms with van der Waals surface area (Å²) in [5.74, 6) is -2.06. The van der Waals surface area contributed by atoms with Gasteiger partial charge in [-0.3, -0.25) is 24.0 Å². The van der Waals surface area contributed by atoms with Crippen molar-refractivity contribution in [1.29, 1.82) is 0 Å². The molecule has 2 aromatic rings. The zero-order valence-corrected chi connectivity index (χ0v) is 26.7. The number of carbonyl (C=O) groups is 5. The lowest BCUT2D eigenvalue weighted by molar-refractivity contribution is -0.288. The summed E-state index contributed by atoms with van der Waals surface area (Å²) in [5, 5.41) is 2.90. The lowest BCUT2D eigenvalue weighted by Gasteiger charge is -2.44. The van der Waals surface area contributed by atoms with Crippen LogP contribution in [0.5, 0.6) is 23.0 Å². The molecule has 4 rings (SSSR count). The van der Waals surface area contributed by atoms with E-state index in [0.717, 1.165) is 20.8 Å². The molecule has 7 atom stereocenters. The van der Waals surface area contributed by atoms with Crippen molar-refractivity contribution in [3.8, 4) is 23.0 Å². The Morgan fingerprint density at radius 1 is 0.830 bits per heavy atom. The Morgan fingerprint density at radius 2 is 1.47 bits per heavy atom. The van der Waals surface area contributed by atoms with Crippen LogP contribution in [0.2, 0.25) is 0 Å². The van der Waals surface area contributed by atoms with E-state index in [9.17, 15) is 24.0 Å². The van der Waals surface area contributed by atoms with E-state index in [-0.39, 0.29) is 23.7 Å². The van der Waals surface area contributed by atoms with Crippen LogP contribution in [0.3, 0.4) is 0 Å². The van der Waals surface area contributed by atoms with Crippen molar-refractivity contribution in [2.75, 3.05) is 20.3 Å². The quantitative estimate of drug-likeness (QED) is 0.274. The second-order valence-corrected chi connectivity index (χ2v) is 10.7. The first-order valence-corrected chi connectivity index (χ1v) is 14.7. The van der Waals surface area contributed by atoms with Crippen molar-refractivity contribution >= 4 is 29.8 Å². The zero-order chi connectivity index (χ0) is 34.2. The third-order valence-electron chi connectivity index (χ3n) is 7.06. The number of esters is 4. The lowest BCUT2D eigenvalue weighted by atomic mass is 9.98. The van der Waals surface area contributed by atoms with E-state index < -0.39 is 79.2 Å². The van der Waals surface area contributed by atoms with Gasteiger partial charge in [0.15, 0.2) is 41.3 Å². The second-order valence-electron chi connectivity index (χ2n) is 10.7. The third-order valence-corrected chi connectivity index (χ3v) is 7.06. The minimum atomic E-state index is -1.49. The first-order valence-electron chi connectivity index (χ1n) is 14.7. The minimum absolute atomic E-state index is 0.0543. The largest absolute Gasteiger partial charge is 0.493 e. The predicted molar refractivity (Wildman–Crippen MR) is 159 cm³/mol. The average Bonchev–Trinajstić information content (AvgIpc) is 3.02. The standard InChI is InChI=1S/C32H37NO14/c1-16(26-14-41-22-9-7-8-10-23(22)45-26)33-31(38)21-11-12-24(25(13-21)39-6)46-32-30(44-20(5)37)29(43-19(4)36)28(42-18(3)35)27(47-32)15-40-17(2)34/h7-13,16,26-30,32H,14-15H2,1-6H3,(H,33,38). The molecule has 15 heteroatoms. The van der Waals surface area contributed by atoms with Crippen LogP contribution in [0.4, 0.5) is 0 Å². The van der Waals surface area contributed by atoms with Gasteiger partial charge in [0, 0.05) is 33.3 Å². The number of hydrogen-bond acceptors (Lipinski definition) is 14. The smallest absolute Gasteiger partial charge is 0.303 e. The fourth-order valence-corrected chi connectivity index (χ4v) is 4.98. The van der Waals surface area contributed by atoms with Gasteiger partial charge in [-0.2, -0.15) is 0 Å². The molecular weight excluding hydrogens is 622 g/mol. The number of para-hydroxylation sites is 2. The Kier molecular flexibility index (Phi) is 11.5. The molecule has 2 aliphatic rings. The number of rotatable bonds is 11. The van der Waals surface area contributed by atoms with Crippen LogP contribution in [0, 0.1) is 0 Å². The van der Waals surface area contributed by atoms with Crippen molar-refractivity contribution in [2.24, 2.45) is 0 Å². The van der Waals surface area contributed by atoms with Gasteiger partial charge in [-0.15, -0.1) is 0 Å². The Bertz CT molecular complexity index is 1480. The second kappa shape index (κ2) is 15.5. The van der Waals surface area contributed by atoms with Crippen molar-refractivity contribution in [2.45, 2.75) is 77.5 Å². The van der Waals surface area contributed by atoms with E-state index in [4.69, 9.17) is 42.6 Å². The highest BCUT2D eigenvalue weighted by molar-refractivity contribution is 5.95. The van der Waals surface area contributed by atoms with E-state index in [2.05, 4.69) is 5.32 Å². The van der Waals surface area contributed by atoms with Crippen LogP contribution in [0.1, 0.15) is 45.0 Å². The maximum Gasteiger partial charge on any atom is 0.303 e. The molecule has 1 amide bonds. The van der Waals surface area contributed by atoms with Crippen LogP contribution >= 0.6 is 0 Å². The van der Waals surface area contributed by atoms with E-state index in [1.165, 1.54) is 32.2 Å². The van der Waals surface area contributed by atoms with Gasteiger partial charge in [-0.25, -0.2) is 0 Å². The van der Waals surface area contributed by atoms with E-state index in [0.29, 0.717) is 11.5 Å². The molecule has 2 aliphatic heterocycles. The molecule has 2 heterocycles. The Balaban J connectivity index is 1.56. The normalized spacial score (nSPS) is 23.7. The number of hydrogen-bond donors (Lipinski definition) is 1. The summed E-state index contributed by atoms with van der Waals surface area (Å²) in [6.45, 7) is 6.13. The first kappa shape index (κ1) is 34.8. The van der Waals surface area contributed by atoms with Gasteiger partial charge >= 0.3 is 23.9 Å². The summed E-state index contributed by atoms with van der Waals surface area (Å²) in [6.07, 6.45) is -7.36. The Hall–Kier alpha value is -5.05. The van der Waals surface area contributed by atoms with Crippen LogP contribution in [-0.2, 0) is 42.9 Å². The molecule has 1 fully saturated rings. The molecule has 1 saturated heterocycles. The van der Waals surface area contributed by atoms with Gasteiger partial charge in [0.05, 0.1) is 13.2 Å². The van der Waals surface area contributed by atoms with E-state index in [1.807, 2.05) is 12.1 Å². The summed E-state index contributed by atoms with van der Waals surface area (Å²) in [5.41, 5.74) is 0.222. The highest BCUT2D eigenvalue weighted by Crippen LogP contribution is 2.35. The molecular formula is C32H37NO14. The summed E-state index contributed by atoms with van der Waals surface area (Å²) in [7, 11) is 1.35. The average molecular weight is 660 g/mol. The highest BCUT2D eigenvalue weighted by Gasteiger charge is 2.53. The van der Waals surface area contributed by atoms with Crippen LogP contribution in [0.15, 0.2) is 42.5 Å².